The van der Waals surface area contributed by atoms with Crippen LogP contribution in [0.15, 0.2) is 66.7 Å². The van der Waals surface area contributed by atoms with Gasteiger partial charge in [0.2, 0.25) is 0 Å². The molecule has 1 aliphatic heterocycles. The van der Waals surface area contributed by atoms with Gasteiger partial charge in [-0.2, -0.15) is 0 Å². The average molecular weight is 443 g/mol. The van der Waals surface area contributed by atoms with E-state index in [2.05, 4.69) is 53.5 Å². The van der Waals surface area contributed by atoms with Gasteiger partial charge in [0.25, 0.3) is 5.91 Å². The van der Waals surface area contributed by atoms with E-state index in [1.54, 1.807) is 0 Å². The highest BCUT2D eigenvalue weighted by Crippen LogP contribution is 2.34. The molecule has 172 valence electrons. The molecule has 1 amide bonds. The Morgan fingerprint density at radius 3 is 2.64 bits per heavy atom. The summed E-state index contributed by atoms with van der Waals surface area (Å²) in [6, 6.07) is 22.6. The summed E-state index contributed by atoms with van der Waals surface area (Å²) in [6.45, 7) is 6.47. The van der Waals surface area contributed by atoms with Crippen LogP contribution in [0, 0.1) is 6.92 Å². The Morgan fingerprint density at radius 1 is 1.06 bits per heavy atom. The summed E-state index contributed by atoms with van der Waals surface area (Å²) in [4.78, 5) is 15.3. The van der Waals surface area contributed by atoms with E-state index in [0.717, 1.165) is 48.9 Å². The zero-order valence-electron chi connectivity index (χ0n) is 19.7. The molecular weight excluding hydrogens is 408 g/mol. The fourth-order valence-corrected chi connectivity index (χ4v) is 4.74. The number of phenols is 1. The van der Waals surface area contributed by atoms with Crippen molar-refractivity contribution in [2.45, 2.75) is 52.1 Å². The van der Waals surface area contributed by atoms with E-state index >= 15 is 0 Å². The molecule has 0 saturated carbocycles. The maximum Gasteiger partial charge on any atom is 0.251 e. The molecule has 4 rings (SSSR count). The third-order valence-electron chi connectivity index (χ3n) is 6.78. The molecule has 0 fully saturated rings. The van der Waals surface area contributed by atoms with Crippen LogP contribution in [0.4, 0.5) is 0 Å². The van der Waals surface area contributed by atoms with E-state index in [-0.39, 0.29) is 11.9 Å². The van der Waals surface area contributed by atoms with Crippen molar-refractivity contribution in [1.29, 1.82) is 0 Å². The zero-order valence-corrected chi connectivity index (χ0v) is 19.7. The number of carbonyl (C=O) groups excluding carboxylic acids is 1. The van der Waals surface area contributed by atoms with Gasteiger partial charge in [0.15, 0.2) is 0 Å². The van der Waals surface area contributed by atoms with Crippen molar-refractivity contribution in [3.8, 4) is 5.75 Å². The Bertz CT molecular complexity index is 1090. The molecule has 0 radical (unpaired) electrons. The van der Waals surface area contributed by atoms with Gasteiger partial charge in [-0.3, -0.25) is 9.69 Å². The molecule has 0 aliphatic carbocycles. The predicted octanol–water partition coefficient (Wildman–Crippen LogP) is 5.57. The number of nitrogens with one attached hydrogen (secondary N) is 1. The quantitative estimate of drug-likeness (QED) is 0.448. The number of fused-ring (bicyclic) bond motifs is 1. The van der Waals surface area contributed by atoms with E-state index in [1.807, 2.05) is 37.3 Å². The predicted molar refractivity (Wildman–Crippen MR) is 134 cm³/mol. The first kappa shape index (κ1) is 23.1. The molecule has 1 atom stereocenters. The number of aryl methyl sites for hydroxylation is 2. The molecule has 0 aromatic heterocycles. The van der Waals surface area contributed by atoms with Crippen LogP contribution in [-0.4, -0.2) is 29.0 Å². The second-order valence-corrected chi connectivity index (χ2v) is 9.09. The molecule has 4 heteroatoms. The second kappa shape index (κ2) is 10.7. The highest BCUT2D eigenvalue weighted by molar-refractivity contribution is 5.95. The van der Waals surface area contributed by atoms with E-state index in [9.17, 15) is 9.90 Å². The third kappa shape index (κ3) is 5.63. The first-order valence-electron chi connectivity index (χ1n) is 12.0. The molecule has 1 heterocycles. The van der Waals surface area contributed by atoms with Gasteiger partial charge < -0.3 is 10.4 Å². The molecule has 1 unspecified atom stereocenters. The zero-order chi connectivity index (χ0) is 23.2. The molecule has 3 aromatic rings. The molecule has 0 bridgehead atoms. The number of hydrogen-bond donors (Lipinski definition) is 2. The van der Waals surface area contributed by atoms with Crippen molar-refractivity contribution in [3.05, 3.63) is 100 Å². The lowest BCUT2D eigenvalue weighted by atomic mass is 9.91. The van der Waals surface area contributed by atoms with Crippen molar-refractivity contribution in [3.63, 3.8) is 0 Å². The number of aromatic hydroxyl groups is 1. The van der Waals surface area contributed by atoms with Gasteiger partial charge in [-0.1, -0.05) is 54.6 Å². The fourth-order valence-electron chi connectivity index (χ4n) is 4.74. The number of amides is 1. The summed E-state index contributed by atoms with van der Waals surface area (Å²) in [6.07, 6.45) is 4.02. The van der Waals surface area contributed by atoms with E-state index in [0.29, 0.717) is 18.8 Å². The number of hydrogen-bond acceptors (Lipinski definition) is 3. The Balaban J connectivity index is 1.35. The van der Waals surface area contributed by atoms with Crippen molar-refractivity contribution in [2.24, 2.45) is 0 Å². The van der Waals surface area contributed by atoms with Crippen molar-refractivity contribution < 1.29 is 9.90 Å². The van der Waals surface area contributed by atoms with Crippen molar-refractivity contribution in [2.75, 3.05) is 13.1 Å². The summed E-state index contributed by atoms with van der Waals surface area (Å²) < 4.78 is 0. The monoisotopic (exact) mass is 442 g/mol. The Labute approximate surface area is 197 Å². The summed E-state index contributed by atoms with van der Waals surface area (Å²) in [5.74, 6) is 0.359. The summed E-state index contributed by atoms with van der Waals surface area (Å²) >= 11 is 0. The van der Waals surface area contributed by atoms with Crippen LogP contribution in [0.1, 0.15) is 64.0 Å². The number of rotatable bonds is 8. The minimum atomic E-state index is 0.00337. The smallest absolute Gasteiger partial charge is 0.251 e. The largest absolute Gasteiger partial charge is 0.508 e. The third-order valence-corrected chi connectivity index (χ3v) is 6.78. The fraction of sp³-hybridized carbons (Fsp3) is 0.345. The topological polar surface area (TPSA) is 52.6 Å². The van der Waals surface area contributed by atoms with Gasteiger partial charge in [-0.25, -0.2) is 0 Å². The molecule has 33 heavy (non-hydrogen) atoms. The van der Waals surface area contributed by atoms with Crippen LogP contribution in [0.2, 0.25) is 0 Å². The normalized spacial score (nSPS) is 15.8. The number of phenolic OH excluding ortho intramolecular Hbond substituents is 1. The van der Waals surface area contributed by atoms with Gasteiger partial charge in [-0.05, 0) is 79.5 Å². The van der Waals surface area contributed by atoms with Gasteiger partial charge in [-0.15, -0.1) is 0 Å². The average Bonchev–Trinajstić information content (AvgIpc) is 2.83. The van der Waals surface area contributed by atoms with E-state index in [1.165, 1.54) is 16.7 Å². The second-order valence-electron chi connectivity index (χ2n) is 9.09. The SMILES string of the molecule is Cc1cc2c(cc1O)C(C)N(Cc1ccccc1C(=O)NCCCCc1ccccc1)CC2. The molecule has 2 N–H and O–H groups in total. The maximum absolute atomic E-state index is 12.9. The lowest BCUT2D eigenvalue weighted by molar-refractivity contribution is 0.0949. The molecule has 0 spiro atoms. The molecule has 0 saturated heterocycles. The first-order valence-corrected chi connectivity index (χ1v) is 12.0. The Morgan fingerprint density at radius 2 is 1.82 bits per heavy atom. The highest BCUT2D eigenvalue weighted by atomic mass is 16.3. The lowest BCUT2D eigenvalue weighted by Gasteiger charge is -2.36. The van der Waals surface area contributed by atoms with E-state index in [4.69, 9.17) is 0 Å². The van der Waals surface area contributed by atoms with Crippen LogP contribution in [0.25, 0.3) is 0 Å². The number of unbranched alkanes of at least 4 members (excludes halogenated alkanes) is 1. The Kier molecular flexibility index (Phi) is 7.46. The minimum Gasteiger partial charge on any atom is -0.508 e. The van der Waals surface area contributed by atoms with Gasteiger partial charge in [0, 0.05) is 31.2 Å². The van der Waals surface area contributed by atoms with Gasteiger partial charge in [0.1, 0.15) is 5.75 Å². The summed E-state index contributed by atoms with van der Waals surface area (Å²) in [5.41, 5.74) is 6.58. The van der Waals surface area contributed by atoms with Crippen LogP contribution in [0.3, 0.4) is 0 Å². The first-order chi connectivity index (χ1) is 16.0. The molecule has 1 aliphatic rings. The minimum absolute atomic E-state index is 0.00337. The Hall–Kier alpha value is -3.11. The highest BCUT2D eigenvalue weighted by Gasteiger charge is 2.26. The van der Waals surface area contributed by atoms with Crippen molar-refractivity contribution in [1.82, 2.24) is 10.2 Å². The maximum atomic E-state index is 12.9. The van der Waals surface area contributed by atoms with Crippen LogP contribution in [-0.2, 0) is 19.4 Å². The number of carbonyl (C=O) groups is 1. The van der Waals surface area contributed by atoms with E-state index < -0.39 is 0 Å². The molecular formula is C29H34N2O2. The lowest BCUT2D eigenvalue weighted by Crippen LogP contribution is -2.34. The number of benzene rings is 3. The molecule has 4 nitrogen and oxygen atoms in total. The van der Waals surface area contributed by atoms with Crippen LogP contribution < -0.4 is 5.32 Å². The van der Waals surface area contributed by atoms with Gasteiger partial charge >= 0.3 is 0 Å². The summed E-state index contributed by atoms with van der Waals surface area (Å²) in [7, 11) is 0. The van der Waals surface area contributed by atoms with Crippen LogP contribution >= 0.6 is 0 Å². The van der Waals surface area contributed by atoms with Gasteiger partial charge in [0.05, 0.1) is 0 Å². The number of nitrogens with zero attached hydrogens (tertiary/aromatic N) is 1. The summed E-state index contributed by atoms with van der Waals surface area (Å²) in [5, 5.41) is 13.3. The van der Waals surface area contributed by atoms with Crippen LogP contribution in [0.5, 0.6) is 5.75 Å². The van der Waals surface area contributed by atoms with Crippen molar-refractivity contribution >= 4 is 5.91 Å². The standard InChI is InChI=1S/C29H34N2O2/c1-21-18-24-15-17-31(22(2)27(24)19-28(21)32)20-25-13-6-7-14-26(25)29(33)30-16-9-8-12-23-10-4-3-5-11-23/h3-7,10-11,13-14,18-19,22,32H,8-9,12,15-17,20H2,1-2H3,(H,30,33). The molecule has 3 aromatic carbocycles.